The molecule has 40 heavy (non-hydrogen) atoms. The number of carbonyl (C=O) groups is 2. The Bertz CT molecular complexity index is 1450. The van der Waals surface area contributed by atoms with E-state index in [1.165, 1.54) is 4.90 Å². The Morgan fingerprint density at radius 3 is 2.40 bits per heavy atom. The summed E-state index contributed by atoms with van der Waals surface area (Å²) in [5.41, 5.74) is 4.66. The molecule has 4 aromatic rings. The van der Waals surface area contributed by atoms with Gasteiger partial charge in [-0.25, -0.2) is 19.6 Å². The van der Waals surface area contributed by atoms with Crippen LogP contribution in [0, 0.1) is 6.92 Å². The number of nitrogens with zero attached hydrogens (tertiary/aromatic N) is 4. The van der Waals surface area contributed by atoms with E-state index in [1.54, 1.807) is 21.0 Å². The highest BCUT2D eigenvalue weighted by Crippen LogP contribution is 2.26. The third kappa shape index (κ3) is 6.77. The Labute approximate surface area is 235 Å². The minimum absolute atomic E-state index is 0.213. The van der Waals surface area contributed by atoms with Gasteiger partial charge in [-0.15, -0.1) is 0 Å². The number of anilines is 1. The molecule has 0 fully saturated rings. The standard InChI is InChI=1S/C31H37N5O4/c1-6-8-14-27-33-26-19-25(34-31(38)35(4)5)21(3)32-29(26)36(27)20-22-15-17-24(18-16-22)40-28(30(37)39-7-2)23-12-10-9-11-13-23/h9-13,15-19,28H,6-8,14,20H2,1-5H3,(H,34,38). The smallest absolute Gasteiger partial charge is 0.352 e. The number of amides is 2. The fourth-order valence-electron chi connectivity index (χ4n) is 4.32. The average Bonchev–Trinajstić information content (AvgIpc) is 3.27. The zero-order valence-corrected chi connectivity index (χ0v) is 23.8. The van der Waals surface area contributed by atoms with E-state index in [4.69, 9.17) is 19.4 Å². The van der Waals surface area contributed by atoms with Crippen molar-refractivity contribution >= 4 is 28.9 Å². The fourth-order valence-corrected chi connectivity index (χ4v) is 4.32. The van der Waals surface area contributed by atoms with Crippen molar-refractivity contribution in [1.82, 2.24) is 19.4 Å². The van der Waals surface area contributed by atoms with Gasteiger partial charge in [0.25, 0.3) is 0 Å². The van der Waals surface area contributed by atoms with Crippen LogP contribution in [0.4, 0.5) is 10.5 Å². The molecule has 1 N–H and O–H groups in total. The van der Waals surface area contributed by atoms with Crippen molar-refractivity contribution in [3.63, 3.8) is 0 Å². The molecule has 2 heterocycles. The van der Waals surface area contributed by atoms with Crippen molar-refractivity contribution in [3.8, 4) is 5.75 Å². The van der Waals surface area contributed by atoms with Crippen LogP contribution in [-0.4, -0.2) is 52.1 Å². The van der Waals surface area contributed by atoms with Gasteiger partial charge in [0.05, 0.1) is 24.5 Å². The lowest BCUT2D eigenvalue weighted by Crippen LogP contribution is -2.27. The van der Waals surface area contributed by atoms with E-state index in [-0.39, 0.29) is 12.6 Å². The third-order valence-electron chi connectivity index (χ3n) is 6.51. The van der Waals surface area contributed by atoms with Crippen molar-refractivity contribution in [2.45, 2.75) is 52.7 Å². The molecule has 0 aliphatic rings. The van der Waals surface area contributed by atoms with E-state index >= 15 is 0 Å². The first-order valence-electron chi connectivity index (χ1n) is 13.6. The predicted molar refractivity (Wildman–Crippen MR) is 156 cm³/mol. The maximum absolute atomic E-state index is 12.6. The number of hydrogen-bond donors (Lipinski definition) is 1. The number of nitrogens with one attached hydrogen (secondary N) is 1. The zero-order valence-electron chi connectivity index (χ0n) is 23.8. The number of fused-ring (bicyclic) bond motifs is 1. The van der Waals surface area contributed by atoms with E-state index in [0.29, 0.717) is 18.0 Å². The number of carbonyl (C=O) groups excluding carboxylic acids is 2. The largest absolute Gasteiger partial charge is 0.474 e. The zero-order chi connectivity index (χ0) is 28.6. The lowest BCUT2D eigenvalue weighted by Gasteiger charge is -2.18. The van der Waals surface area contributed by atoms with Crippen LogP contribution in [0.25, 0.3) is 11.2 Å². The maximum atomic E-state index is 12.6. The molecule has 0 aliphatic carbocycles. The molecule has 0 spiro atoms. The van der Waals surface area contributed by atoms with Crippen LogP contribution >= 0.6 is 0 Å². The van der Waals surface area contributed by atoms with Crippen LogP contribution in [0.15, 0.2) is 60.7 Å². The predicted octanol–water partition coefficient (Wildman–Crippen LogP) is 5.91. The van der Waals surface area contributed by atoms with Gasteiger partial charge in [0.2, 0.25) is 6.10 Å². The molecular formula is C31H37N5O4. The first-order chi connectivity index (χ1) is 19.3. The number of unbranched alkanes of at least 4 members (excludes halogenated alkanes) is 1. The molecular weight excluding hydrogens is 506 g/mol. The van der Waals surface area contributed by atoms with Gasteiger partial charge in [-0.3, -0.25) is 0 Å². The van der Waals surface area contributed by atoms with Gasteiger partial charge in [-0.1, -0.05) is 55.8 Å². The Morgan fingerprint density at radius 1 is 1.02 bits per heavy atom. The lowest BCUT2D eigenvalue weighted by molar-refractivity contribution is -0.151. The quantitative estimate of drug-likeness (QED) is 0.236. The Kier molecular flexibility index (Phi) is 9.37. The summed E-state index contributed by atoms with van der Waals surface area (Å²) in [5, 5.41) is 2.90. The highest BCUT2D eigenvalue weighted by molar-refractivity contribution is 5.91. The second-order valence-electron chi connectivity index (χ2n) is 9.81. The molecule has 0 saturated carbocycles. The molecule has 210 valence electrons. The Morgan fingerprint density at radius 2 is 1.75 bits per heavy atom. The van der Waals surface area contributed by atoms with Crippen molar-refractivity contribution in [3.05, 3.63) is 83.3 Å². The van der Waals surface area contributed by atoms with E-state index in [9.17, 15) is 9.59 Å². The normalized spacial score (nSPS) is 11.7. The third-order valence-corrected chi connectivity index (χ3v) is 6.51. The van der Waals surface area contributed by atoms with Gasteiger partial charge in [-0.05, 0) is 44.0 Å². The van der Waals surface area contributed by atoms with Crippen LogP contribution in [-0.2, 0) is 22.5 Å². The number of ether oxygens (including phenoxy) is 2. The molecule has 0 aliphatic heterocycles. The summed E-state index contributed by atoms with van der Waals surface area (Å²) < 4.78 is 13.5. The highest BCUT2D eigenvalue weighted by atomic mass is 16.6. The van der Waals surface area contributed by atoms with Gasteiger partial charge in [0, 0.05) is 26.1 Å². The average molecular weight is 544 g/mol. The number of aryl methyl sites for hydroxylation is 2. The van der Waals surface area contributed by atoms with Crippen LogP contribution in [0.3, 0.4) is 0 Å². The SMILES string of the molecule is CCCCc1nc2cc(NC(=O)N(C)C)c(C)nc2n1Cc1ccc(OC(C(=O)OCC)c2ccccc2)cc1. The highest BCUT2D eigenvalue weighted by Gasteiger charge is 2.24. The van der Waals surface area contributed by atoms with Crippen LogP contribution < -0.4 is 10.1 Å². The molecule has 4 rings (SSSR count). The second-order valence-corrected chi connectivity index (χ2v) is 9.81. The van der Waals surface area contributed by atoms with Crippen LogP contribution in [0.2, 0.25) is 0 Å². The molecule has 0 bridgehead atoms. The minimum atomic E-state index is -0.848. The van der Waals surface area contributed by atoms with Crippen molar-refractivity contribution in [1.29, 1.82) is 0 Å². The first kappa shape index (κ1) is 28.6. The lowest BCUT2D eigenvalue weighted by atomic mass is 10.1. The van der Waals surface area contributed by atoms with Crippen molar-refractivity contribution in [2.24, 2.45) is 0 Å². The molecule has 1 atom stereocenters. The summed E-state index contributed by atoms with van der Waals surface area (Å²) in [7, 11) is 3.40. The Hall–Kier alpha value is -4.40. The molecule has 0 radical (unpaired) electrons. The topological polar surface area (TPSA) is 98.6 Å². The van der Waals surface area contributed by atoms with E-state index in [2.05, 4.69) is 16.8 Å². The minimum Gasteiger partial charge on any atom is -0.474 e. The number of hydrogen-bond acceptors (Lipinski definition) is 6. The number of urea groups is 1. The van der Waals surface area contributed by atoms with E-state index < -0.39 is 12.1 Å². The molecule has 9 nitrogen and oxygen atoms in total. The van der Waals surface area contributed by atoms with Gasteiger partial charge in [0.15, 0.2) is 5.65 Å². The number of rotatable bonds is 11. The number of imidazole rings is 1. The maximum Gasteiger partial charge on any atom is 0.352 e. The first-order valence-corrected chi connectivity index (χ1v) is 13.6. The molecule has 2 aromatic carbocycles. The van der Waals surface area contributed by atoms with Crippen molar-refractivity contribution < 1.29 is 19.1 Å². The van der Waals surface area contributed by atoms with Crippen molar-refractivity contribution in [2.75, 3.05) is 26.0 Å². The summed E-state index contributed by atoms with van der Waals surface area (Å²) in [6.45, 7) is 6.67. The van der Waals surface area contributed by atoms with Crippen LogP contribution in [0.1, 0.15) is 55.4 Å². The summed E-state index contributed by atoms with van der Waals surface area (Å²) in [5.74, 6) is 1.10. The molecule has 2 amide bonds. The molecule has 9 heteroatoms. The summed E-state index contributed by atoms with van der Waals surface area (Å²) in [6, 6.07) is 18.7. The van der Waals surface area contributed by atoms with Gasteiger partial charge in [0.1, 0.15) is 17.1 Å². The van der Waals surface area contributed by atoms with Gasteiger partial charge < -0.3 is 24.3 Å². The van der Waals surface area contributed by atoms with E-state index in [1.807, 2.05) is 67.6 Å². The van der Waals surface area contributed by atoms with Gasteiger partial charge >= 0.3 is 12.0 Å². The number of aromatic nitrogens is 3. The monoisotopic (exact) mass is 543 g/mol. The fraction of sp³-hybridized carbons (Fsp3) is 0.355. The Balaban J connectivity index is 1.60. The number of esters is 1. The molecule has 0 saturated heterocycles. The summed E-state index contributed by atoms with van der Waals surface area (Å²) >= 11 is 0. The number of pyridine rings is 1. The summed E-state index contributed by atoms with van der Waals surface area (Å²) in [6.07, 6.45) is 2.04. The number of benzene rings is 2. The molecule has 1 unspecified atom stereocenters. The summed E-state index contributed by atoms with van der Waals surface area (Å²) in [4.78, 5) is 36.1. The van der Waals surface area contributed by atoms with E-state index in [0.717, 1.165) is 53.1 Å². The van der Waals surface area contributed by atoms with Gasteiger partial charge in [-0.2, -0.15) is 0 Å². The second kappa shape index (κ2) is 13.1. The molecule has 2 aromatic heterocycles. The van der Waals surface area contributed by atoms with Crippen LogP contribution in [0.5, 0.6) is 5.75 Å².